The highest BCUT2D eigenvalue weighted by Gasteiger charge is 2.18. The van der Waals surface area contributed by atoms with E-state index < -0.39 is 0 Å². The Hall–Kier alpha value is -2.02. The summed E-state index contributed by atoms with van der Waals surface area (Å²) in [4.78, 5) is 6.53. The molecule has 1 N–H and O–H groups in total. The van der Waals surface area contributed by atoms with Gasteiger partial charge >= 0.3 is 0 Å². The highest BCUT2D eigenvalue weighted by atomic mass is 32.1. The van der Waals surface area contributed by atoms with Gasteiger partial charge in [0.15, 0.2) is 0 Å². The van der Waals surface area contributed by atoms with Crippen molar-refractivity contribution < 1.29 is 5.11 Å². The first kappa shape index (κ1) is 13.6. The Morgan fingerprint density at radius 1 is 1.23 bits per heavy atom. The average molecular weight is 327 g/mol. The summed E-state index contributed by atoms with van der Waals surface area (Å²) in [5.41, 5.74) is 3.85. The quantitative estimate of drug-likeness (QED) is 0.619. The molecule has 22 heavy (non-hydrogen) atoms. The number of aromatic nitrogens is 3. The molecule has 0 saturated heterocycles. The van der Waals surface area contributed by atoms with Crippen LogP contribution in [0.2, 0.25) is 0 Å². The zero-order chi connectivity index (χ0) is 15.1. The Kier molecular flexibility index (Phi) is 3.29. The molecule has 0 unspecified atom stereocenters. The number of hydrogen-bond donors (Lipinski definition) is 1. The fourth-order valence-electron chi connectivity index (χ4n) is 2.44. The Bertz CT molecular complexity index is 938. The molecular formula is C16H13N3OS2. The molecule has 6 heteroatoms. The lowest BCUT2D eigenvalue weighted by Gasteiger charge is -1.99. The maximum Gasteiger partial charge on any atom is 0.213 e. The van der Waals surface area contributed by atoms with Crippen LogP contribution in [0.5, 0.6) is 0 Å². The second kappa shape index (κ2) is 5.31. The largest absolute Gasteiger partial charge is 0.390 e. The number of fused-ring (bicyclic) bond motifs is 1. The molecule has 4 nitrogen and oxygen atoms in total. The van der Waals surface area contributed by atoms with E-state index in [1.54, 1.807) is 27.2 Å². The SMILES string of the molecule is Cc1cccc(-c2nn3c(CO)c(-c4cccs4)nc3s2)c1. The molecule has 0 aliphatic rings. The van der Waals surface area contributed by atoms with Gasteiger partial charge in [-0.15, -0.1) is 11.3 Å². The van der Waals surface area contributed by atoms with Crippen LogP contribution < -0.4 is 0 Å². The molecule has 0 atom stereocenters. The third-order valence-corrected chi connectivity index (χ3v) is 5.30. The highest BCUT2D eigenvalue weighted by Crippen LogP contribution is 2.33. The zero-order valence-electron chi connectivity index (χ0n) is 11.9. The molecule has 0 saturated carbocycles. The van der Waals surface area contributed by atoms with Crippen LogP contribution in [0.4, 0.5) is 0 Å². The molecule has 0 aliphatic heterocycles. The first-order valence-electron chi connectivity index (χ1n) is 6.86. The van der Waals surface area contributed by atoms with E-state index in [1.807, 2.05) is 29.6 Å². The van der Waals surface area contributed by atoms with Crippen LogP contribution in [0.1, 0.15) is 11.3 Å². The van der Waals surface area contributed by atoms with Crippen molar-refractivity contribution in [3.05, 3.63) is 53.0 Å². The van der Waals surface area contributed by atoms with Crippen LogP contribution >= 0.6 is 22.7 Å². The van der Waals surface area contributed by atoms with E-state index >= 15 is 0 Å². The molecular weight excluding hydrogens is 314 g/mol. The monoisotopic (exact) mass is 327 g/mol. The van der Waals surface area contributed by atoms with Gasteiger partial charge in [-0.25, -0.2) is 9.50 Å². The van der Waals surface area contributed by atoms with Gasteiger partial charge in [-0.3, -0.25) is 0 Å². The maximum absolute atomic E-state index is 9.74. The van der Waals surface area contributed by atoms with E-state index in [1.165, 1.54) is 5.56 Å². The number of benzene rings is 1. The van der Waals surface area contributed by atoms with E-state index in [9.17, 15) is 5.11 Å². The second-order valence-electron chi connectivity index (χ2n) is 5.01. The fourth-order valence-corrected chi connectivity index (χ4v) is 4.09. The highest BCUT2D eigenvalue weighted by molar-refractivity contribution is 7.20. The molecule has 4 aromatic rings. The average Bonchev–Trinajstić information content (AvgIpc) is 3.22. The first-order valence-corrected chi connectivity index (χ1v) is 8.56. The van der Waals surface area contributed by atoms with Crippen molar-refractivity contribution in [2.75, 3.05) is 0 Å². The van der Waals surface area contributed by atoms with Crippen LogP contribution in [-0.2, 0) is 6.61 Å². The second-order valence-corrected chi connectivity index (χ2v) is 6.92. The minimum Gasteiger partial charge on any atom is -0.390 e. The molecule has 4 rings (SSSR count). The molecule has 0 aliphatic carbocycles. The van der Waals surface area contributed by atoms with E-state index in [4.69, 9.17) is 0 Å². The summed E-state index contributed by atoms with van der Waals surface area (Å²) in [5.74, 6) is 0. The van der Waals surface area contributed by atoms with Gasteiger partial charge in [0.25, 0.3) is 0 Å². The van der Waals surface area contributed by atoms with Crippen molar-refractivity contribution in [2.45, 2.75) is 13.5 Å². The molecule has 0 fully saturated rings. The number of aliphatic hydroxyl groups is 1. The lowest BCUT2D eigenvalue weighted by molar-refractivity contribution is 0.275. The van der Waals surface area contributed by atoms with E-state index in [2.05, 4.69) is 29.1 Å². The maximum atomic E-state index is 9.74. The van der Waals surface area contributed by atoms with Gasteiger partial charge in [0.05, 0.1) is 17.2 Å². The van der Waals surface area contributed by atoms with Gasteiger partial charge in [0.1, 0.15) is 10.7 Å². The van der Waals surface area contributed by atoms with Crippen molar-refractivity contribution in [1.29, 1.82) is 0 Å². The van der Waals surface area contributed by atoms with Crippen LogP contribution in [0.25, 0.3) is 26.1 Å². The summed E-state index contributed by atoms with van der Waals surface area (Å²) in [5, 5.41) is 17.3. The Labute approximate surface area is 135 Å². The first-order chi connectivity index (χ1) is 10.8. The summed E-state index contributed by atoms with van der Waals surface area (Å²) in [6.07, 6.45) is 0. The Balaban J connectivity index is 1.88. The van der Waals surface area contributed by atoms with Gasteiger partial charge in [0, 0.05) is 5.56 Å². The predicted molar refractivity (Wildman–Crippen MR) is 90.3 cm³/mol. The van der Waals surface area contributed by atoms with Gasteiger partial charge in [-0.05, 0) is 24.4 Å². The molecule has 3 aromatic heterocycles. The van der Waals surface area contributed by atoms with Crippen molar-refractivity contribution in [3.63, 3.8) is 0 Å². The summed E-state index contributed by atoms with van der Waals surface area (Å²) >= 11 is 3.16. The fraction of sp³-hybridized carbons (Fsp3) is 0.125. The number of thiophene rings is 1. The third-order valence-electron chi connectivity index (χ3n) is 3.47. The van der Waals surface area contributed by atoms with Crippen molar-refractivity contribution >= 4 is 27.6 Å². The third kappa shape index (κ3) is 2.16. The minimum atomic E-state index is -0.0780. The number of aryl methyl sites for hydroxylation is 1. The van der Waals surface area contributed by atoms with E-state index in [0.29, 0.717) is 0 Å². The summed E-state index contributed by atoms with van der Waals surface area (Å²) in [6, 6.07) is 12.2. The molecule has 0 bridgehead atoms. The zero-order valence-corrected chi connectivity index (χ0v) is 13.5. The lowest BCUT2D eigenvalue weighted by atomic mass is 10.1. The number of hydrogen-bond acceptors (Lipinski definition) is 5. The normalized spacial score (nSPS) is 11.4. The standard InChI is InChI=1S/C16H13N3OS2/c1-10-4-2-5-11(8-10)15-18-19-12(9-20)14(17-16(19)22-15)13-6-3-7-21-13/h2-8,20H,9H2,1H3. The van der Waals surface area contributed by atoms with Crippen LogP contribution in [0.3, 0.4) is 0 Å². The van der Waals surface area contributed by atoms with Gasteiger partial charge in [0.2, 0.25) is 4.96 Å². The van der Waals surface area contributed by atoms with Gasteiger partial charge in [-0.1, -0.05) is 41.2 Å². The topological polar surface area (TPSA) is 50.4 Å². The molecule has 3 heterocycles. The Morgan fingerprint density at radius 2 is 2.14 bits per heavy atom. The van der Waals surface area contributed by atoms with Gasteiger partial charge < -0.3 is 5.11 Å². The summed E-state index contributed by atoms with van der Waals surface area (Å²) in [7, 11) is 0. The molecule has 0 spiro atoms. The molecule has 1 aromatic carbocycles. The van der Waals surface area contributed by atoms with Crippen molar-refractivity contribution in [3.8, 4) is 21.1 Å². The number of aliphatic hydroxyl groups excluding tert-OH is 1. The number of rotatable bonds is 3. The van der Waals surface area contributed by atoms with Crippen LogP contribution in [0, 0.1) is 6.92 Å². The molecule has 0 amide bonds. The number of imidazole rings is 1. The smallest absolute Gasteiger partial charge is 0.213 e. The van der Waals surface area contributed by atoms with Crippen LogP contribution in [-0.4, -0.2) is 19.7 Å². The van der Waals surface area contributed by atoms with E-state index in [0.717, 1.165) is 31.8 Å². The molecule has 0 radical (unpaired) electrons. The van der Waals surface area contributed by atoms with Gasteiger partial charge in [-0.2, -0.15) is 5.10 Å². The molecule has 110 valence electrons. The van der Waals surface area contributed by atoms with E-state index in [-0.39, 0.29) is 6.61 Å². The number of nitrogens with zero attached hydrogens (tertiary/aromatic N) is 3. The summed E-state index contributed by atoms with van der Waals surface area (Å²) < 4.78 is 1.76. The predicted octanol–water partition coefficient (Wildman–Crippen LogP) is 3.99. The lowest BCUT2D eigenvalue weighted by Crippen LogP contribution is -1.95. The van der Waals surface area contributed by atoms with Crippen molar-refractivity contribution in [1.82, 2.24) is 14.6 Å². The Morgan fingerprint density at radius 3 is 2.86 bits per heavy atom. The van der Waals surface area contributed by atoms with Crippen LogP contribution in [0.15, 0.2) is 41.8 Å². The summed E-state index contributed by atoms with van der Waals surface area (Å²) in [6.45, 7) is 1.99. The van der Waals surface area contributed by atoms with Crippen molar-refractivity contribution in [2.24, 2.45) is 0 Å². The minimum absolute atomic E-state index is 0.0780.